The van der Waals surface area contributed by atoms with Crippen molar-refractivity contribution in [2.75, 3.05) is 13.2 Å². The molecule has 0 saturated carbocycles. The van der Waals surface area contributed by atoms with Crippen LogP contribution in [0.15, 0.2) is 40.9 Å². The molecule has 0 aliphatic heterocycles. The van der Waals surface area contributed by atoms with E-state index >= 15 is 0 Å². The summed E-state index contributed by atoms with van der Waals surface area (Å²) in [4.78, 5) is 17.3. The van der Waals surface area contributed by atoms with Crippen LogP contribution in [0.25, 0.3) is 0 Å². The van der Waals surface area contributed by atoms with Gasteiger partial charge in [0, 0.05) is 6.42 Å². The number of carbonyl (C=O) groups is 1. The molecule has 1 atom stereocenters. The molecule has 1 unspecified atom stereocenters. The van der Waals surface area contributed by atoms with Crippen molar-refractivity contribution in [3.8, 4) is 11.5 Å². The Bertz CT molecular complexity index is 1060. The first-order valence-corrected chi connectivity index (χ1v) is 10.8. The molecular weight excluding hydrogens is 491 g/mol. The van der Waals surface area contributed by atoms with Crippen LogP contribution in [0.3, 0.4) is 0 Å². The van der Waals surface area contributed by atoms with E-state index in [-0.39, 0.29) is 39.7 Å². The molecule has 1 amide bonds. The number of phenolic OH excluding ortho intramolecular Hbond substituents is 1. The number of ether oxygens (including phenoxy) is 1. The fourth-order valence-electron chi connectivity index (χ4n) is 3.06. The van der Waals surface area contributed by atoms with Crippen LogP contribution in [0.2, 0.25) is 10.0 Å². The molecule has 0 aliphatic rings. The van der Waals surface area contributed by atoms with Gasteiger partial charge in [-0.15, -0.1) is 12.4 Å². The number of aromatic nitrogens is 2. The summed E-state index contributed by atoms with van der Waals surface area (Å²) < 4.78 is 10.8. The van der Waals surface area contributed by atoms with Crippen LogP contribution in [0, 0.1) is 6.92 Å². The highest BCUT2D eigenvalue weighted by molar-refractivity contribution is 6.39. The Morgan fingerprint density at radius 1 is 1.27 bits per heavy atom. The molecule has 8 nitrogen and oxygen atoms in total. The molecule has 0 saturated heterocycles. The van der Waals surface area contributed by atoms with Gasteiger partial charge in [-0.3, -0.25) is 4.79 Å². The average Bonchev–Trinajstić information content (AvgIpc) is 3.22. The van der Waals surface area contributed by atoms with Crippen LogP contribution in [0.1, 0.15) is 46.5 Å². The summed E-state index contributed by atoms with van der Waals surface area (Å²) in [5.74, 6) is -0.221. The van der Waals surface area contributed by atoms with Gasteiger partial charge in [-0.1, -0.05) is 58.7 Å². The third kappa shape index (κ3) is 6.98. The molecule has 1 heterocycles. The summed E-state index contributed by atoms with van der Waals surface area (Å²) in [6.45, 7) is 2.56. The molecule has 33 heavy (non-hydrogen) atoms. The number of aromatic hydroxyl groups is 1. The van der Waals surface area contributed by atoms with Crippen LogP contribution in [0.5, 0.6) is 11.5 Å². The van der Waals surface area contributed by atoms with Crippen LogP contribution >= 0.6 is 35.6 Å². The summed E-state index contributed by atoms with van der Waals surface area (Å²) in [7, 11) is 0. The lowest BCUT2D eigenvalue weighted by Crippen LogP contribution is -2.30. The number of nitrogens with one attached hydrogen (secondary N) is 1. The molecule has 3 rings (SSSR count). The molecule has 11 heteroatoms. The van der Waals surface area contributed by atoms with E-state index < -0.39 is 17.7 Å². The Labute approximate surface area is 207 Å². The Balaban J connectivity index is 0.00000385. The van der Waals surface area contributed by atoms with Crippen molar-refractivity contribution in [2.45, 2.75) is 32.2 Å². The number of rotatable bonds is 10. The van der Waals surface area contributed by atoms with Gasteiger partial charge in [0.15, 0.2) is 17.3 Å². The zero-order valence-electron chi connectivity index (χ0n) is 17.9. The minimum atomic E-state index is -0.629. The van der Waals surface area contributed by atoms with E-state index in [2.05, 4.69) is 15.5 Å². The minimum Gasteiger partial charge on any atom is -0.505 e. The zero-order valence-corrected chi connectivity index (χ0v) is 20.2. The fraction of sp³-hybridized carbons (Fsp3) is 0.318. The molecule has 0 fully saturated rings. The highest BCUT2D eigenvalue weighted by Gasteiger charge is 2.26. The van der Waals surface area contributed by atoms with Gasteiger partial charge in [0.2, 0.25) is 5.89 Å². The molecule has 4 N–H and O–H groups in total. The number of carbonyl (C=O) groups excluding carboxylic acids is 1. The van der Waals surface area contributed by atoms with Crippen molar-refractivity contribution in [1.29, 1.82) is 0 Å². The Kier molecular flexibility index (Phi) is 10.2. The number of hydrogen-bond donors (Lipinski definition) is 3. The van der Waals surface area contributed by atoms with Gasteiger partial charge in [0.25, 0.3) is 5.91 Å². The molecular formula is C22H25Cl3N4O4. The summed E-state index contributed by atoms with van der Waals surface area (Å²) in [5.41, 5.74) is 6.33. The first-order chi connectivity index (χ1) is 15.4. The lowest BCUT2D eigenvalue weighted by atomic mass is 10.0. The van der Waals surface area contributed by atoms with Crippen molar-refractivity contribution in [2.24, 2.45) is 5.73 Å². The molecule has 0 radical (unpaired) electrons. The second-order valence-electron chi connectivity index (χ2n) is 7.14. The first kappa shape index (κ1) is 26.7. The maximum atomic E-state index is 13.0. The molecule has 0 aliphatic carbocycles. The number of nitrogens with two attached hydrogens (primary N) is 1. The van der Waals surface area contributed by atoms with Crippen molar-refractivity contribution in [3.05, 3.63) is 69.3 Å². The van der Waals surface area contributed by atoms with Gasteiger partial charge >= 0.3 is 0 Å². The number of nitrogens with zero attached hydrogens (tertiary/aromatic N) is 2. The largest absolute Gasteiger partial charge is 0.505 e. The Morgan fingerprint density at radius 2 is 2.00 bits per heavy atom. The number of unbranched alkanes of at least 4 members (excludes halogenated alkanes) is 1. The lowest BCUT2D eigenvalue weighted by molar-refractivity contribution is 0.0925. The zero-order chi connectivity index (χ0) is 23.1. The summed E-state index contributed by atoms with van der Waals surface area (Å²) in [5, 5.41) is 17.1. The van der Waals surface area contributed by atoms with Gasteiger partial charge in [0.05, 0.1) is 17.2 Å². The van der Waals surface area contributed by atoms with E-state index in [1.807, 2.05) is 30.3 Å². The number of benzene rings is 2. The first-order valence-electron chi connectivity index (χ1n) is 10.1. The van der Waals surface area contributed by atoms with Gasteiger partial charge < -0.3 is 25.4 Å². The Hall–Kier alpha value is -2.52. The van der Waals surface area contributed by atoms with E-state index in [9.17, 15) is 9.90 Å². The van der Waals surface area contributed by atoms with E-state index in [0.29, 0.717) is 31.8 Å². The predicted octanol–water partition coefficient (Wildman–Crippen LogP) is 4.64. The molecule has 0 bridgehead atoms. The third-order valence-electron chi connectivity index (χ3n) is 4.67. The van der Waals surface area contributed by atoms with Gasteiger partial charge in [-0.25, -0.2) is 0 Å². The summed E-state index contributed by atoms with van der Waals surface area (Å²) in [6.07, 6.45) is 1.88. The topological polar surface area (TPSA) is 124 Å². The SMILES string of the molecule is Cc1noc(C(Cc2ccccc2)NC(=O)c2cc(Cl)c(OCCCCN)c(Cl)c2O)n1.Cl. The quantitative estimate of drug-likeness (QED) is 0.336. The normalized spacial score (nSPS) is 11.5. The van der Waals surface area contributed by atoms with Crippen molar-refractivity contribution in [1.82, 2.24) is 15.5 Å². The Morgan fingerprint density at radius 3 is 2.64 bits per heavy atom. The second-order valence-corrected chi connectivity index (χ2v) is 7.92. The lowest BCUT2D eigenvalue weighted by Gasteiger charge is -2.17. The van der Waals surface area contributed by atoms with Crippen LogP contribution in [0.4, 0.5) is 0 Å². The monoisotopic (exact) mass is 514 g/mol. The predicted molar refractivity (Wildman–Crippen MR) is 129 cm³/mol. The number of phenols is 1. The molecule has 1 aromatic heterocycles. The highest BCUT2D eigenvalue weighted by Crippen LogP contribution is 2.42. The van der Waals surface area contributed by atoms with Crippen molar-refractivity contribution < 1.29 is 19.2 Å². The molecule has 3 aromatic rings. The van der Waals surface area contributed by atoms with Crippen molar-refractivity contribution in [3.63, 3.8) is 0 Å². The number of hydrogen-bond acceptors (Lipinski definition) is 7. The number of amides is 1. The van der Waals surface area contributed by atoms with Crippen molar-refractivity contribution >= 4 is 41.5 Å². The third-order valence-corrected chi connectivity index (χ3v) is 5.30. The minimum absolute atomic E-state index is 0. The van der Waals surface area contributed by atoms with Gasteiger partial charge in [0.1, 0.15) is 11.1 Å². The van der Waals surface area contributed by atoms with Gasteiger partial charge in [-0.2, -0.15) is 4.98 Å². The van der Waals surface area contributed by atoms with E-state index in [1.54, 1.807) is 6.92 Å². The standard InChI is InChI=1S/C22H24Cl2N4O4.ClH/c1-13-26-22(32-28-13)17(11-14-7-3-2-4-8-14)27-21(30)15-12-16(23)20(18(24)19(15)29)31-10-6-5-9-25;/h2-4,7-8,12,17,29H,5-6,9-11,25H2,1H3,(H,27,30);1H. The van der Waals surface area contributed by atoms with Crippen LogP contribution < -0.4 is 15.8 Å². The molecule has 0 spiro atoms. The molecule has 178 valence electrons. The maximum absolute atomic E-state index is 13.0. The number of aryl methyl sites for hydroxylation is 1. The van der Waals surface area contributed by atoms with Gasteiger partial charge in [-0.05, 0) is 37.9 Å². The van der Waals surface area contributed by atoms with E-state index in [1.165, 1.54) is 6.07 Å². The summed E-state index contributed by atoms with van der Waals surface area (Å²) in [6, 6.07) is 10.2. The summed E-state index contributed by atoms with van der Waals surface area (Å²) >= 11 is 12.5. The number of halogens is 3. The fourth-order valence-corrected chi connectivity index (χ4v) is 3.62. The van der Waals surface area contributed by atoms with E-state index in [0.717, 1.165) is 12.0 Å². The van der Waals surface area contributed by atoms with Crippen LogP contribution in [-0.4, -0.2) is 34.3 Å². The smallest absolute Gasteiger partial charge is 0.255 e. The van der Waals surface area contributed by atoms with Crippen LogP contribution in [-0.2, 0) is 6.42 Å². The average molecular weight is 516 g/mol. The molecule has 2 aromatic carbocycles. The second kappa shape index (κ2) is 12.6. The highest BCUT2D eigenvalue weighted by atomic mass is 35.5. The maximum Gasteiger partial charge on any atom is 0.255 e. The van der Waals surface area contributed by atoms with E-state index in [4.69, 9.17) is 38.2 Å².